The maximum Gasteiger partial charge on any atom is 0.0185 e. The molecule has 0 atom stereocenters. The first-order valence-electron chi connectivity index (χ1n) is 5.96. The highest BCUT2D eigenvalue weighted by molar-refractivity contribution is 7.98. The van der Waals surface area contributed by atoms with Gasteiger partial charge in [0, 0.05) is 18.1 Å². The third kappa shape index (κ3) is 3.76. The van der Waals surface area contributed by atoms with Gasteiger partial charge in [0.1, 0.15) is 0 Å². The van der Waals surface area contributed by atoms with E-state index in [2.05, 4.69) is 61.5 Å². The molecule has 2 heteroatoms. The molecule has 90 valence electrons. The standard InChI is InChI=1S/C15H19NS/c1-16(2)9-10-17-12-13-7-8-14-5-3-4-6-15(14)11-13/h3-8,11H,9-10,12H2,1-2H3. The number of nitrogens with zero attached hydrogens (tertiary/aromatic N) is 1. The van der Waals surface area contributed by atoms with Gasteiger partial charge in [-0.3, -0.25) is 0 Å². The summed E-state index contributed by atoms with van der Waals surface area (Å²) in [6.07, 6.45) is 0. The van der Waals surface area contributed by atoms with E-state index in [0.29, 0.717) is 0 Å². The second kappa shape index (κ2) is 6.08. The van der Waals surface area contributed by atoms with Crippen LogP contribution in [0, 0.1) is 0 Å². The Morgan fingerprint density at radius 1 is 1.00 bits per heavy atom. The summed E-state index contributed by atoms with van der Waals surface area (Å²) in [5.41, 5.74) is 1.42. The molecule has 0 N–H and O–H groups in total. The molecule has 0 aliphatic heterocycles. The molecule has 2 aromatic carbocycles. The van der Waals surface area contributed by atoms with Crippen molar-refractivity contribution in [3.63, 3.8) is 0 Å². The van der Waals surface area contributed by atoms with Crippen LogP contribution in [0.25, 0.3) is 10.8 Å². The van der Waals surface area contributed by atoms with E-state index in [9.17, 15) is 0 Å². The highest BCUT2D eigenvalue weighted by Gasteiger charge is 1.97. The molecule has 0 radical (unpaired) electrons. The average molecular weight is 245 g/mol. The molecule has 1 nitrogen and oxygen atoms in total. The van der Waals surface area contributed by atoms with Crippen LogP contribution in [0.4, 0.5) is 0 Å². The predicted octanol–water partition coefficient (Wildman–Crippen LogP) is 3.63. The lowest BCUT2D eigenvalue weighted by Gasteiger charge is -2.09. The van der Waals surface area contributed by atoms with Gasteiger partial charge in [0.2, 0.25) is 0 Å². The molecule has 0 unspecified atom stereocenters. The molecular formula is C15H19NS. The van der Waals surface area contributed by atoms with E-state index in [1.807, 2.05) is 11.8 Å². The van der Waals surface area contributed by atoms with Crippen LogP contribution in [0.2, 0.25) is 0 Å². The molecule has 0 aromatic heterocycles. The van der Waals surface area contributed by atoms with E-state index in [-0.39, 0.29) is 0 Å². The zero-order valence-electron chi connectivity index (χ0n) is 10.5. The first kappa shape index (κ1) is 12.5. The molecular weight excluding hydrogens is 226 g/mol. The topological polar surface area (TPSA) is 3.24 Å². The zero-order valence-corrected chi connectivity index (χ0v) is 11.3. The molecule has 0 spiro atoms. The van der Waals surface area contributed by atoms with E-state index in [1.165, 1.54) is 22.1 Å². The zero-order chi connectivity index (χ0) is 12.1. The van der Waals surface area contributed by atoms with Crippen molar-refractivity contribution in [3.8, 4) is 0 Å². The molecule has 0 aliphatic rings. The lowest BCUT2D eigenvalue weighted by atomic mass is 10.1. The Morgan fingerprint density at radius 2 is 1.76 bits per heavy atom. The molecule has 0 bridgehead atoms. The lowest BCUT2D eigenvalue weighted by Crippen LogP contribution is -2.14. The molecule has 0 amide bonds. The maximum absolute atomic E-state index is 2.30. The second-order valence-electron chi connectivity index (χ2n) is 4.54. The lowest BCUT2D eigenvalue weighted by molar-refractivity contribution is 0.437. The highest BCUT2D eigenvalue weighted by Crippen LogP contribution is 2.19. The van der Waals surface area contributed by atoms with E-state index in [1.54, 1.807) is 0 Å². The fourth-order valence-corrected chi connectivity index (χ4v) is 2.82. The van der Waals surface area contributed by atoms with Gasteiger partial charge in [-0.15, -0.1) is 0 Å². The average Bonchev–Trinajstić information content (AvgIpc) is 2.34. The van der Waals surface area contributed by atoms with Crippen LogP contribution >= 0.6 is 11.8 Å². The van der Waals surface area contributed by atoms with E-state index in [4.69, 9.17) is 0 Å². The number of hydrogen-bond donors (Lipinski definition) is 0. The summed E-state index contributed by atoms with van der Waals surface area (Å²) in [4.78, 5) is 2.23. The van der Waals surface area contributed by atoms with Crippen molar-refractivity contribution >= 4 is 22.5 Å². The smallest absolute Gasteiger partial charge is 0.0185 e. The summed E-state index contributed by atoms with van der Waals surface area (Å²) >= 11 is 2.00. The van der Waals surface area contributed by atoms with Gasteiger partial charge in [0.25, 0.3) is 0 Å². The highest BCUT2D eigenvalue weighted by atomic mass is 32.2. The van der Waals surface area contributed by atoms with Crippen LogP contribution in [0.5, 0.6) is 0 Å². The van der Waals surface area contributed by atoms with Crippen LogP contribution in [0.3, 0.4) is 0 Å². The second-order valence-corrected chi connectivity index (χ2v) is 5.64. The summed E-state index contributed by atoms with van der Waals surface area (Å²) in [7, 11) is 4.24. The minimum atomic E-state index is 1.11. The van der Waals surface area contributed by atoms with Crippen LogP contribution in [-0.4, -0.2) is 31.3 Å². The summed E-state index contributed by atoms with van der Waals surface area (Å²) in [6, 6.07) is 15.3. The summed E-state index contributed by atoms with van der Waals surface area (Å²) in [5, 5.41) is 2.67. The Kier molecular flexibility index (Phi) is 4.46. The molecule has 17 heavy (non-hydrogen) atoms. The molecule has 0 saturated heterocycles. The monoisotopic (exact) mass is 245 g/mol. The van der Waals surface area contributed by atoms with E-state index < -0.39 is 0 Å². The summed E-state index contributed by atoms with van der Waals surface area (Å²) in [5.74, 6) is 2.30. The van der Waals surface area contributed by atoms with Gasteiger partial charge < -0.3 is 4.90 Å². The Balaban J connectivity index is 1.95. The number of rotatable bonds is 5. The number of fused-ring (bicyclic) bond motifs is 1. The van der Waals surface area contributed by atoms with Crippen LogP contribution in [0.15, 0.2) is 42.5 Å². The third-order valence-corrected chi connectivity index (χ3v) is 3.77. The quantitative estimate of drug-likeness (QED) is 0.740. The summed E-state index contributed by atoms with van der Waals surface area (Å²) < 4.78 is 0. The van der Waals surface area contributed by atoms with Crippen LogP contribution < -0.4 is 0 Å². The minimum Gasteiger partial charge on any atom is -0.309 e. The fourth-order valence-electron chi connectivity index (χ4n) is 1.77. The Morgan fingerprint density at radius 3 is 2.53 bits per heavy atom. The van der Waals surface area contributed by atoms with Crippen molar-refractivity contribution in [2.45, 2.75) is 5.75 Å². The number of benzene rings is 2. The van der Waals surface area contributed by atoms with Crippen molar-refractivity contribution < 1.29 is 0 Å². The van der Waals surface area contributed by atoms with Gasteiger partial charge in [0.15, 0.2) is 0 Å². The molecule has 2 rings (SSSR count). The van der Waals surface area contributed by atoms with Crippen molar-refractivity contribution in [3.05, 3.63) is 48.0 Å². The minimum absolute atomic E-state index is 1.11. The number of thioether (sulfide) groups is 1. The van der Waals surface area contributed by atoms with Gasteiger partial charge in [-0.2, -0.15) is 11.8 Å². The first-order chi connectivity index (χ1) is 8.25. The maximum atomic E-state index is 2.30. The van der Waals surface area contributed by atoms with Crippen molar-refractivity contribution in [2.24, 2.45) is 0 Å². The third-order valence-electron chi connectivity index (χ3n) is 2.77. The number of hydrogen-bond acceptors (Lipinski definition) is 2. The van der Waals surface area contributed by atoms with Crippen molar-refractivity contribution in [1.29, 1.82) is 0 Å². The van der Waals surface area contributed by atoms with Crippen LogP contribution in [0.1, 0.15) is 5.56 Å². The van der Waals surface area contributed by atoms with Gasteiger partial charge in [-0.05, 0) is 30.4 Å². The largest absolute Gasteiger partial charge is 0.309 e. The molecule has 0 fully saturated rings. The SMILES string of the molecule is CN(C)CCSCc1ccc2ccccc2c1. The Bertz CT molecular complexity index is 479. The Hall–Kier alpha value is -0.990. The molecule has 2 aromatic rings. The predicted molar refractivity (Wildman–Crippen MR) is 78.7 cm³/mol. The van der Waals surface area contributed by atoms with Gasteiger partial charge in [-0.25, -0.2) is 0 Å². The van der Waals surface area contributed by atoms with E-state index >= 15 is 0 Å². The van der Waals surface area contributed by atoms with Crippen molar-refractivity contribution in [1.82, 2.24) is 4.90 Å². The van der Waals surface area contributed by atoms with Gasteiger partial charge >= 0.3 is 0 Å². The van der Waals surface area contributed by atoms with Crippen LogP contribution in [-0.2, 0) is 5.75 Å². The molecule has 0 aliphatic carbocycles. The Labute approximate surface area is 108 Å². The van der Waals surface area contributed by atoms with Gasteiger partial charge in [0.05, 0.1) is 0 Å². The summed E-state index contributed by atoms with van der Waals surface area (Å²) in [6.45, 7) is 1.15. The molecule has 0 saturated carbocycles. The first-order valence-corrected chi connectivity index (χ1v) is 7.11. The van der Waals surface area contributed by atoms with E-state index in [0.717, 1.165) is 12.3 Å². The van der Waals surface area contributed by atoms with Gasteiger partial charge in [-0.1, -0.05) is 42.5 Å². The normalized spacial score (nSPS) is 11.2. The van der Waals surface area contributed by atoms with Crippen molar-refractivity contribution in [2.75, 3.05) is 26.4 Å². The fraction of sp³-hybridized carbons (Fsp3) is 0.333. The molecule has 0 heterocycles.